The lowest BCUT2D eigenvalue weighted by molar-refractivity contribution is 0.179. The molecular weight excluding hydrogens is 286 g/mol. The molecule has 0 bridgehead atoms. The van der Waals surface area contributed by atoms with Crippen LogP contribution in [0.3, 0.4) is 0 Å². The van der Waals surface area contributed by atoms with Gasteiger partial charge in [0.05, 0.1) is 12.8 Å². The second-order valence-electron chi connectivity index (χ2n) is 4.37. The molecule has 0 aliphatic heterocycles. The van der Waals surface area contributed by atoms with Crippen LogP contribution in [0.2, 0.25) is 0 Å². The molecule has 1 atom stereocenters. The topological polar surface area (TPSA) is 54.9 Å². The van der Waals surface area contributed by atoms with Gasteiger partial charge in [-0.25, -0.2) is 0 Å². The highest BCUT2D eigenvalue weighted by Gasteiger charge is 2.01. The van der Waals surface area contributed by atoms with Gasteiger partial charge in [-0.05, 0) is 36.8 Å². The fourth-order valence-electron chi connectivity index (χ4n) is 1.55. The molecule has 2 N–H and O–H groups in total. The Morgan fingerprint density at radius 1 is 1.52 bits per heavy atom. The summed E-state index contributed by atoms with van der Waals surface area (Å²) in [6, 6.07) is 7.72. The van der Waals surface area contributed by atoms with Gasteiger partial charge < -0.3 is 14.8 Å². The molecule has 0 unspecified atom stereocenters. The molecule has 5 nitrogen and oxygen atoms in total. The summed E-state index contributed by atoms with van der Waals surface area (Å²) < 4.78 is 10.5. The average Bonchev–Trinajstić information content (AvgIpc) is 2.45. The summed E-state index contributed by atoms with van der Waals surface area (Å²) in [5, 5.41) is 7.59. The van der Waals surface area contributed by atoms with Crippen molar-refractivity contribution in [3.8, 4) is 5.75 Å². The first-order valence-electron chi connectivity index (χ1n) is 6.58. The molecule has 0 heterocycles. The van der Waals surface area contributed by atoms with Crippen LogP contribution < -0.4 is 15.5 Å². The maximum absolute atomic E-state index is 5.45. The molecule has 1 rings (SSSR count). The number of hydrazone groups is 1. The van der Waals surface area contributed by atoms with Crippen LogP contribution in [0.1, 0.15) is 12.5 Å². The van der Waals surface area contributed by atoms with Crippen molar-refractivity contribution in [3.05, 3.63) is 42.5 Å². The largest absolute Gasteiger partial charge is 0.490 e. The summed E-state index contributed by atoms with van der Waals surface area (Å²) in [6.07, 6.45) is 3.38. The maximum atomic E-state index is 5.45. The standard InChI is InChI=1S/C15H21N3O2S/c1-4-8-20-14-7-5-6-13(9-14)10-16-18-15(21)17-12(2)11-19-3/h4-7,9-10,12H,1,8,11H2,2-3H3,(H2,17,18,21)/b16-10-/t12-/m0/s1. The van der Waals surface area contributed by atoms with E-state index in [1.807, 2.05) is 31.2 Å². The number of nitrogens with one attached hydrogen (secondary N) is 2. The van der Waals surface area contributed by atoms with Crippen LogP contribution in [0, 0.1) is 0 Å². The van der Waals surface area contributed by atoms with E-state index in [2.05, 4.69) is 22.4 Å². The van der Waals surface area contributed by atoms with Crippen LogP contribution >= 0.6 is 12.2 Å². The molecule has 0 aliphatic rings. The Bertz CT molecular complexity index is 492. The molecule has 0 fully saturated rings. The summed E-state index contributed by atoms with van der Waals surface area (Å²) in [5.41, 5.74) is 3.67. The lowest BCUT2D eigenvalue weighted by Crippen LogP contribution is -2.40. The van der Waals surface area contributed by atoms with Crippen molar-refractivity contribution in [2.45, 2.75) is 13.0 Å². The predicted molar refractivity (Wildman–Crippen MR) is 89.9 cm³/mol. The van der Waals surface area contributed by atoms with E-state index in [-0.39, 0.29) is 6.04 Å². The third-order valence-corrected chi connectivity index (χ3v) is 2.61. The number of methoxy groups -OCH3 is 1. The van der Waals surface area contributed by atoms with Gasteiger partial charge >= 0.3 is 0 Å². The Kier molecular flexibility index (Phi) is 8.08. The Labute approximate surface area is 131 Å². The molecule has 0 amide bonds. The monoisotopic (exact) mass is 307 g/mol. The smallest absolute Gasteiger partial charge is 0.187 e. The molecular formula is C15H21N3O2S. The van der Waals surface area contributed by atoms with E-state index in [0.29, 0.717) is 18.3 Å². The zero-order valence-corrected chi connectivity index (χ0v) is 13.2. The number of nitrogens with zero attached hydrogens (tertiary/aromatic N) is 1. The summed E-state index contributed by atoms with van der Waals surface area (Å²) in [4.78, 5) is 0. The van der Waals surface area contributed by atoms with E-state index in [4.69, 9.17) is 21.7 Å². The number of rotatable bonds is 8. The highest BCUT2D eigenvalue weighted by molar-refractivity contribution is 7.80. The molecule has 0 spiro atoms. The van der Waals surface area contributed by atoms with E-state index in [1.165, 1.54) is 0 Å². The fraction of sp³-hybridized carbons (Fsp3) is 0.333. The van der Waals surface area contributed by atoms with Crippen molar-refractivity contribution in [2.75, 3.05) is 20.3 Å². The van der Waals surface area contributed by atoms with Gasteiger partial charge in [-0.3, -0.25) is 5.43 Å². The number of hydrogen-bond donors (Lipinski definition) is 2. The number of thiocarbonyl (C=S) groups is 1. The molecule has 6 heteroatoms. The summed E-state index contributed by atoms with van der Waals surface area (Å²) in [6.45, 7) is 6.64. The summed E-state index contributed by atoms with van der Waals surface area (Å²) >= 11 is 5.12. The van der Waals surface area contributed by atoms with Crippen LogP contribution in [0.5, 0.6) is 5.75 Å². The van der Waals surface area contributed by atoms with Crippen molar-refractivity contribution < 1.29 is 9.47 Å². The van der Waals surface area contributed by atoms with Gasteiger partial charge in [0.1, 0.15) is 12.4 Å². The first-order valence-corrected chi connectivity index (χ1v) is 6.98. The predicted octanol–water partition coefficient (Wildman–Crippen LogP) is 2.08. The minimum atomic E-state index is 0.126. The van der Waals surface area contributed by atoms with Gasteiger partial charge in [0.2, 0.25) is 0 Å². The first-order chi connectivity index (χ1) is 10.2. The second kappa shape index (κ2) is 9.90. The zero-order valence-electron chi connectivity index (χ0n) is 12.3. The SMILES string of the molecule is C=CCOc1cccc(/C=N\NC(=S)N[C@@H](C)COC)c1. The van der Waals surface area contributed by atoms with E-state index >= 15 is 0 Å². The third kappa shape index (κ3) is 7.43. The molecule has 0 aliphatic carbocycles. The first kappa shape index (κ1) is 17.1. The van der Waals surface area contributed by atoms with Crippen LogP contribution in [-0.4, -0.2) is 37.7 Å². The van der Waals surface area contributed by atoms with Crippen molar-refractivity contribution in [3.63, 3.8) is 0 Å². The highest BCUT2D eigenvalue weighted by Crippen LogP contribution is 2.11. The van der Waals surface area contributed by atoms with Crippen molar-refractivity contribution in [1.29, 1.82) is 0 Å². The minimum Gasteiger partial charge on any atom is -0.490 e. The van der Waals surface area contributed by atoms with E-state index in [1.54, 1.807) is 19.4 Å². The maximum Gasteiger partial charge on any atom is 0.187 e. The number of benzene rings is 1. The quantitative estimate of drug-likeness (QED) is 0.333. The van der Waals surface area contributed by atoms with Crippen LogP contribution in [0.25, 0.3) is 0 Å². The highest BCUT2D eigenvalue weighted by atomic mass is 32.1. The number of ether oxygens (including phenoxy) is 2. The number of hydrogen-bond acceptors (Lipinski definition) is 4. The van der Waals surface area contributed by atoms with Gasteiger partial charge in [-0.1, -0.05) is 24.8 Å². The molecule has 114 valence electrons. The van der Waals surface area contributed by atoms with Gasteiger partial charge in [0, 0.05) is 13.2 Å². The molecule has 0 saturated heterocycles. The fourth-order valence-corrected chi connectivity index (χ4v) is 1.81. The van der Waals surface area contributed by atoms with Crippen LogP contribution in [0.4, 0.5) is 0 Å². The Hall–Kier alpha value is -1.92. The van der Waals surface area contributed by atoms with Gasteiger partial charge in [0.15, 0.2) is 5.11 Å². The van der Waals surface area contributed by atoms with E-state index in [0.717, 1.165) is 11.3 Å². The normalized spacial score (nSPS) is 11.9. The second-order valence-corrected chi connectivity index (χ2v) is 4.78. The van der Waals surface area contributed by atoms with Crippen LogP contribution in [0.15, 0.2) is 42.0 Å². The lowest BCUT2D eigenvalue weighted by atomic mass is 10.2. The third-order valence-electron chi connectivity index (χ3n) is 2.40. The lowest BCUT2D eigenvalue weighted by Gasteiger charge is -2.13. The minimum absolute atomic E-state index is 0.126. The molecule has 0 saturated carbocycles. The molecule has 0 radical (unpaired) electrons. The summed E-state index contributed by atoms with van der Waals surface area (Å²) in [7, 11) is 1.65. The molecule has 1 aromatic rings. The van der Waals surface area contributed by atoms with Crippen molar-refractivity contribution in [1.82, 2.24) is 10.7 Å². The average molecular weight is 307 g/mol. The molecule has 21 heavy (non-hydrogen) atoms. The zero-order chi connectivity index (χ0) is 15.5. The van der Waals surface area contributed by atoms with E-state index in [9.17, 15) is 0 Å². The van der Waals surface area contributed by atoms with E-state index < -0.39 is 0 Å². The van der Waals surface area contributed by atoms with Crippen molar-refractivity contribution >= 4 is 23.5 Å². The van der Waals surface area contributed by atoms with Crippen molar-refractivity contribution in [2.24, 2.45) is 5.10 Å². The molecule has 0 aromatic heterocycles. The summed E-state index contributed by atoms with van der Waals surface area (Å²) in [5.74, 6) is 0.772. The van der Waals surface area contributed by atoms with Gasteiger partial charge in [-0.15, -0.1) is 0 Å². The molecule has 1 aromatic carbocycles. The Morgan fingerprint density at radius 3 is 3.05 bits per heavy atom. The Balaban J connectivity index is 2.45. The van der Waals surface area contributed by atoms with Crippen LogP contribution in [-0.2, 0) is 4.74 Å². The van der Waals surface area contributed by atoms with Gasteiger partial charge in [0.25, 0.3) is 0 Å². The van der Waals surface area contributed by atoms with Gasteiger partial charge in [-0.2, -0.15) is 5.10 Å². The Morgan fingerprint density at radius 2 is 2.33 bits per heavy atom.